The Balaban J connectivity index is 2.86. The molecule has 1 aromatic rings. The largest absolute Gasteiger partial charge is 0.329 e. The molecule has 2 nitrogen and oxygen atoms in total. The minimum Gasteiger partial charge on any atom is -0.329 e. The van der Waals surface area contributed by atoms with Gasteiger partial charge >= 0.3 is 0 Å². The number of hydrogen-bond donors (Lipinski definition) is 2. The Morgan fingerprint density at radius 2 is 2.18 bits per heavy atom. The second-order valence-electron chi connectivity index (χ2n) is 2.40. The molecule has 1 atom stereocenters. The number of hydrogen-bond acceptors (Lipinski definition) is 2. The predicted octanol–water partition coefficient (Wildman–Crippen LogP) is 1.25. The van der Waals surface area contributed by atoms with Gasteiger partial charge in [0.2, 0.25) is 0 Å². The smallest absolute Gasteiger partial charge is 0.0419 e. The maximum atomic E-state index is 5.73. The van der Waals surface area contributed by atoms with Gasteiger partial charge in [0.25, 0.3) is 0 Å². The van der Waals surface area contributed by atoms with Crippen LogP contribution >= 0.6 is 22.6 Å². The fourth-order valence-corrected chi connectivity index (χ4v) is 1.44. The van der Waals surface area contributed by atoms with Crippen molar-refractivity contribution in [1.82, 2.24) is 0 Å². The lowest BCUT2D eigenvalue weighted by atomic mass is 10.1. The summed E-state index contributed by atoms with van der Waals surface area (Å²) in [6.45, 7) is 0.500. The van der Waals surface area contributed by atoms with E-state index in [2.05, 4.69) is 28.7 Å². The quantitative estimate of drug-likeness (QED) is 0.788. The van der Waals surface area contributed by atoms with Gasteiger partial charge in [0.15, 0.2) is 0 Å². The minimum absolute atomic E-state index is 0.0234. The van der Waals surface area contributed by atoms with E-state index in [1.165, 1.54) is 3.57 Å². The lowest BCUT2D eigenvalue weighted by Gasteiger charge is -2.08. The van der Waals surface area contributed by atoms with Gasteiger partial charge in [0.1, 0.15) is 0 Å². The molecule has 1 rings (SSSR count). The zero-order chi connectivity index (χ0) is 8.27. The van der Waals surface area contributed by atoms with Crippen LogP contribution in [0.1, 0.15) is 11.6 Å². The fraction of sp³-hybridized carbons (Fsp3) is 0.250. The van der Waals surface area contributed by atoms with Crippen LogP contribution in [-0.4, -0.2) is 6.54 Å². The lowest BCUT2D eigenvalue weighted by Crippen LogP contribution is -2.20. The first kappa shape index (κ1) is 8.96. The molecule has 0 saturated carbocycles. The van der Waals surface area contributed by atoms with Gasteiger partial charge in [0.05, 0.1) is 0 Å². The molecule has 0 fully saturated rings. The molecule has 0 amide bonds. The molecule has 0 heterocycles. The standard InChI is InChI=1S/C8H11IN2/c9-7-3-1-2-6(4-7)8(11)5-10/h1-4,8H,5,10-11H2/t8-/m0/s1. The van der Waals surface area contributed by atoms with Gasteiger partial charge in [-0.3, -0.25) is 0 Å². The van der Waals surface area contributed by atoms with E-state index in [-0.39, 0.29) is 6.04 Å². The summed E-state index contributed by atoms with van der Waals surface area (Å²) >= 11 is 2.26. The Morgan fingerprint density at radius 3 is 2.73 bits per heavy atom. The van der Waals surface area contributed by atoms with Crippen molar-refractivity contribution < 1.29 is 0 Å². The second-order valence-corrected chi connectivity index (χ2v) is 3.64. The molecule has 0 aliphatic carbocycles. The van der Waals surface area contributed by atoms with Gasteiger partial charge in [0, 0.05) is 16.2 Å². The minimum atomic E-state index is -0.0234. The normalized spacial score (nSPS) is 13.0. The summed E-state index contributed by atoms with van der Waals surface area (Å²) in [5.74, 6) is 0. The summed E-state index contributed by atoms with van der Waals surface area (Å²) in [7, 11) is 0. The number of halogens is 1. The summed E-state index contributed by atoms with van der Waals surface area (Å²) in [5.41, 5.74) is 12.3. The van der Waals surface area contributed by atoms with Crippen molar-refractivity contribution in [3.05, 3.63) is 33.4 Å². The van der Waals surface area contributed by atoms with E-state index in [1.54, 1.807) is 0 Å². The molecule has 3 heteroatoms. The lowest BCUT2D eigenvalue weighted by molar-refractivity contribution is 0.736. The van der Waals surface area contributed by atoms with E-state index < -0.39 is 0 Å². The van der Waals surface area contributed by atoms with Crippen molar-refractivity contribution in [2.24, 2.45) is 11.5 Å². The van der Waals surface area contributed by atoms with E-state index in [0.717, 1.165) is 5.56 Å². The highest BCUT2D eigenvalue weighted by Crippen LogP contribution is 2.12. The molecule has 0 bridgehead atoms. The van der Waals surface area contributed by atoms with E-state index in [4.69, 9.17) is 11.5 Å². The molecule has 0 unspecified atom stereocenters. The van der Waals surface area contributed by atoms with Crippen LogP contribution in [0.4, 0.5) is 0 Å². The molecule has 4 N–H and O–H groups in total. The summed E-state index contributed by atoms with van der Waals surface area (Å²) in [6, 6.07) is 8.06. The number of benzene rings is 1. The third-order valence-electron chi connectivity index (χ3n) is 1.53. The maximum absolute atomic E-state index is 5.73. The van der Waals surface area contributed by atoms with E-state index in [0.29, 0.717) is 6.54 Å². The monoisotopic (exact) mass is 262 g/mol. The first-order chi connectivity index (χ1) is 5.24. The predicted molar refractivity (Wildman–Crippen MR) is 55.1 cm³/mol. The van der Waals surface area contributed by atoms with Gasteiger partial charge < -0.3 is 11.5 Å². The van der Waals surface area contributed by atoms with Crippen LogP contribution in [0.5, 0.6) is 0 Å². The Kier molecular flexibility index (Phi) is 3.29. The van der Waals surface area contributed by atoms with Gasteiger partial charge in [-0.15, -0.1) is 0 Å². The molecule has 0 saturated heterocycles. The van der Waals surface area contributed by atoms with Gasteiger partial charge in [-0.1, -0.05) is 12.1 Å². The van der Waals surface area contributed by atoms with Gasteiger partial charge in [-0.05, 0) is 40.3 Å². The zero-order valence-corrected chi connectivity index (χ0v) is 8.28. The molecule has 1 aromatic carbocycles. The molecule has 0 radical (unpaired) electrons. The molecule has 60 valence electrons. The third-order valence-corrected chi connectivity index (χ3v) is 2.20. The highest BCUT2D eigenvalue weighted by molar-refractivity contribution is 14.1. The summed E-state index contributed by atoms with van der Waals surface area (Å²) in [6.07, 6.45) is 0. The molecule has 0 aromatic heterocycles. The number of nitrogens with two attached hydrogens (primary N) is 2. The van der Waals surface area contributed by atoms with Crippen molar-refractivity contribution in [2.45, 2.75) is 6.04 Å². The van der Waals surface area contributed by atoms with Crippen molar-refractivity contribution >= 4 is 22.6 Å². The SMILES string of the molecule is NC[C@H](N)c1cccc(I)c1. The molecule has 0 spiro atoms. The van der Waals surface area contributed by atoms with Crippen molar-refractivity contribution in [1.29, 1.82) is 0 Å². The van der Waals surface area contributed by atoms with Crippen LogP contribution in [0.3, 0.4) is 0 Å². The fourth-order valence-electron chi connectivity index (χ4n) is 0.873. The first-order valence-corrected chi connectivity index (χ1v) is 4.53. The average molecular weight is 262 g/mol. The highest BCUT2D eigenvalue weighted by Gasteiger charge is 2.01. The number of rotatable bonds is 2. The average Bonchev–Trinajstić information content (AvgIpc) is 2.03. The van der Waals surface area contributed by atoms with E-state index in [9.17, 15) is 0 Å². The molecular weight excluding hydrogens is 251 g/mol. The third kappa shape index (κ3) is 2.43. The summed E-state index contributed by atoms with van der Waals surface area (Å²) in [4.78, 5) is 0. The van der Waals surface area contributed by atoms with Crippen LogP contribution in [0.25, 0.3) is 0 Å². The molecular formula is C8H11IN2. The van der Waals surface area contributed by atoms with E-state index in [1.807, 2.05) is 18.2 Å². The van der Waals surface area contributed by atoms with Crippen LogP contribution < -0.4 is 11.5 Å². The van der Waals surface area contributed by atoms with Crippen LogP contribution in [0.15, 0.2) is 24.3 Å². The molecule has 0 aliphatic heterocycles. The maximum Gasteiger partial charge on any atom is 0.0419 e. The summed E-state index contributed by atoms with van der Waals surface area (Å²) in [5, 5.41) is 0. The van der Waals surface area contributed by atoms with Crippen molar-refractivity contribution in [3.63, 3.8) is 0 Å². The Labute approximate surface area is 80.1 Å². The first-order valence-electron chi connectivity index (χ1n) is 3.45. The van der Waals surface area contributed by atoms with Crippen molar-refractivity contribution in [2.75, 3.05) is 6.54 Å². The second kappa shape index (κ2) is 4.04. The zero-order valence-electron chi connectivity index (χ0n) is 6.13. The molecule has 0 aliphatic rings. The summed E-state index contributed by atoms with van der Waals surface area (Å²) < 4.78 is 1.20. The van der Waals surface area contributed by atoms with Crippen LogP contribution in [-0.2, 0) is 0 Å². The molecule has 11 heavy (non-hydrogen) atoms. The highest BCUT2D eigenvalue weighted by atomic mass is 127. The van der Waals surface area contributed by atoms with Crippen LogP contribution in [0, 0.1) is 3.57 Å². The Morgan fingerprint density at radius 1 is 1.45 bits per heavy atom. The topological polar surface area (TPSA) is 52.0 Å². The Bertz CT molecular complexity index is 237. The van der Waals surface area contributed by atoms with Gasteiger partial charge in [-0.2, -0.15) is 0 Å². The van der Waals surface area contributed by atoms with Crippen molar-refractivity contribution in [3.8, 4) is 0 Å². The van der Waals surface area contributed by atoms with Gasteiger partial charge in [-0.25, -0.2) is 0 Å². The van der Waals surface area contributed by atoms with E-state index >= 15 is 0 Å². The van der Waals surface area contributed by atoms with Crippen LogP contribution in [0.2, 0.25) is 0 Å². The Hall–Kier alpha value is -0.130.